The van der Waals surface area contributed by atoms with E-state index in [2.05, 4.69) is 5.32 Å². The highest BCUT2D eigenvalue weighted by atomic mass is 19.1. The van der Waals surface area contributed by atoms with Gasteiger partial charge in [0.15, 0.2) is 0 Å². The van der Waals surface area contributed by atoms with E-state index in [0.29, 0.717) is 29.8 Å². The molecule has 0 amide bonds. The van der Waals surface area contributed by atoms with Crippen molar-refractivity contribution in [3.8, 4) is 5.75 Å². The Morgan fingerprint density at radius 1 is 1.28 bits per heavy atom. The Hall–Kier alpha value is -3.16. The van der Waals surface area contributed by atoms with Crippen molar-refractivity contribution in [2.24, 2.45) is 5.92 Å². The number of nitrogens with zero attached hydrogens (tertiary/aromatic N) is 1. The Morgan fingerprint density at radius 2 is 1.97 bits per heavy atom. The van der Waals surface area contributed by atoms with E-state index in [-0.39, 0.29) is 24.6 Å². The molecule has 1 aliphatic rings. The second-order valence-corrected chi connectivity index (χ2v) is 6.90. The van der Waals surface area contributed by atoms with Crippen LogP contribution >= 0.6 is 0 Å². The van der Waals surface area contributed by atoms with E-state index < -0.39 is 23.2 Å². The third-order valence-corrected chi connectivity index (χ3v) is 5.03. The molecule has 2 aromatic carbocycles. The largest absolute Gasteiger partial charge is 0.497 e. The topological polar surface area (TPSA) is 90.7 Å². The summed E-state index contributed by atoms with van der Waals surface area (Å²) >= 11 is 0. The molecule has 2 aromatic rings. The van der Waals surface area contributed by atoms with Crippen molar-refractivity contribution in [1.29, 1.82) is 0 Å². The molecule has 0 aromatic heterocycles. The van der Waals surface area contributed by atoms with E-state index in [1.165, 1.54) is 6.07 Å². The molecule has 0 aliphatic heterocycles. The number of halogens is 1. The van der Waals surface area contributed by atoms with Gasteiger partial charge in [-0.3, -0.25) is 14.9 Å². The van der Waals surface area contributed by atoms with Gasteiger partial charge in [0.1, 0.15) is 11.6 Å². The van der Waals surface area contributed by atoms with Gasteiger partial charge >= 0.3 is 5.97 Å². The minimum absolute atomic E-state index is 0.232. The molecule has 1 N–H and O–H groups in total. The van der Waals surface area contributed by atoms with Gasteiger partial charge in [-0.2, -0.15) is 0 Å². The smallest absolute Gasteiger partial charge is 0.309 e. The van der Waals surface area contributed by atoms with Crippen LogP contribution in [0.1, 0.15) is 29.2 Å². The van der Waals surface area contributed by atoms with Crippen LogP contribution in [0.5, 0.6) is 5.75 Å². The summed E-state index contributed by atoms with van der Waals surface area (Å²) in [6.45, 7) is 1.87. The molecular formula is C21H23FN2O5. The van der Waals surface area contributed by atoms with Crippen molar-refractivity contribution in [3.63, 3.8) is 0 Å². The van der Waals surface area contributed by atoms with Crippen molar-refractivity contribution in [2.45, 2.75) is 32.9 Å². The van der Waals surface area contributed by atoms with Gasteiger partial charge in [0.05, 0.1) is 19.6 Å². The summed E-state index contributed by atoms with van der Waals surface area (Å²) in [5, 5.41) is 14.3. The van der Waals surface area contributed by atoms with Gasteiger partial charge in [-0.05, 0) is 54.7 Å². The highest BCUT2D eigenvalue weighted by molar-refractivity contribution is 5.76. The molecule has 3 rings (SSSR count). The molecule has 154 valence electrons. The fourth-order valence-electron chi connectivity index (χ4n) is 3.66. The van der Waals surface area contributed by atoms with Crippen LogP contribution < -0.4 is 10.1 Å². The predicted octanol–water partition coefficient (Wildman–Crippen LogP) is 3.50. The monoisotopic (exact) mass is 402 g/mol. The standard InChI is InChI=1S/C21H23FN2O5/c1-3-29-21(25)14-8-17-18(9-14)20(15(10-19(17)22)12-24(26)27)23-11-13-4-6-16(28-2)7-5-13/h4-7,10,14,23H,3,8-9,11-12H2,1-2H3. The zero-order valence-electron chi connectivity index (χ0n) is 16.4. The number of rotatable bonds is 8. The van der Waals surface area contributed by atoms with E-state index >= 15 is 0 Å². The van der Waals surface area contributed by atoms with Crippen LogP contribution in [0.15, 0.2) is 30.3 Å². The van der Waals surface area contributed by atoms with Crippen molar-refractivity contribution in [2.75, 3.05) is 19.0 Å². The summed E-state index contributed by atoms with van der Waals surface area (Å²) in [7, 11) is 1.58. The van der Waals surface area contributed by atoms with Crippen molar-refractivity contribution >= 4 is 11.7 Å². The summed E-state index contributed by atoms with van der Waals surface area (Å²) in [5.41, 5.74) is 2.78. The summed E-state index contributed by atoms with van der Waals surface area (Å²) in [6, 6.07) is 8.60. The molecule has 0 saturated carbocycles. The first-order valence-corrected chi connectivity index (χ1v) is 9.41. The molecule has 0 bridgehead atoms. The van der Waals surface area contributed by atoms with Gasteiger partial charge in [0, 0.05) is 22.7 Å². The lowest BCUT2D eigenvalue weighted by molar-refractivity contribution is -0.496. The maximum absolute atomic E-state index is 14.6. The average molecular weight is 402 g/mol. The summed E-state index contributed by atoms with van der Waals surface area (Å²) in [5.74, 6) is -0.645. The lowest BCUT2D eigenvalue weighted by Gasteiger charge is -2.16. The van der Waals surface area contributed by atoms with Gasteiger partial charge in [-0.1, -0.05) is 12.1 Å². The Bertz CT molecular complexity index is 914. The van der Waals surface area contributed by atoms with Gasteiger partial charge in [0.25, 0.3) is 0 Å². The Balaban J connectivity index is 1.90. The second kappa shape index (κ2) is 8.89. The molecule has 29 heavy (non-hydrogen) atoms. The fraction of sp³-hybridized carbons (Fsp3) is 0.381. The zero-order chi connectivity index (χ0) is 21.0. The summed E-state index contributed by atoms with van der Waals surface area (Å²) in [6.07, 6.45) is 0.525. The number of hydrogen-bond donors (Lipinski definition) is 1. The van der Waals surface area contributed by atoms with E-state index in [9.17, 15) is 19.3 Å². The normalized spacial score (nSPS) is 14.9. The first kappa shape index (κ1) is 20.6. The lowest BCUT2D eigenvalue weighted by atomic mass is 10.0. The van der Waals surface area contributed by atoms with Crippen LogP contribution in [0.25, 0.3) is 0 Å². The predicted molar refractivity (Wildman–Crippen MR) is 105 cm³/mol. The maximum atomic E-state index is 14.6. The number of methoxy groups -OCH3 is 1. The number of ether oxygens (including phenoxy) is 2. The van der Waals surface area contributed by atoms with E-state index in [0.717, 1.165) is 11.3 Å². The molecule has 7 nitrogen and oxygen atoms in total. The SMILES string of the molecule is CCOC(=O)C1Cc2c(F)cc(C[N+](=O)[O-])c(NCc3ccc(OC)cc3)c2C1. The number of anilines is 1. The summed E-state index contributed by atoms with van der Waals surface area (Å²) in [4.78, 5) is 22.8. The first-order chi connectivity index (χ1) is 13.9. The number of hydrogen-bond acceptors (Lipinski definition) is 6. The van der Waals surface area contributed by atoms with Crippen molar-refractivity contribution in [3.05, 3.63) is 68.5 Å². The highest BCUT2D eigenvalue weighted by Crippen LogP contribution is 2.38. The molecule has 0 saturated heterocycles. The third kappa shape index (κ3) is 4.64. The fourth-order valence-corrected chi connectivity index (χ4v) is 3.66. The quantitative estimate of drug-likeness (QED) is 0.413. The lowest BCUT2D eigenvalue weighted by Crippen LogP contribution is -2.18. The number of nitro groups is 1. The minimum Gasteiger partial charge on any atom is -0.497 e. The molecule has 0 heterocycles. The molecular weight excluding hydrogens is 379 g/mol. The number of esters is 1. The first-order valence-electron chi connectivity index (χ1n) is 9.41. The Kier molecular flexibility index (Phi) is 6.31. The van der Waals surface area contributed by atoms with Crippen LogP contribution in [0.3, 0.4) is 0 Å². The number of nitrogens with one attached hydrogen (secondary N) is 1. The molecule has 0 spiro atoms. The molecule has 1 aliphatic carbocycles. The molecule has 0 fully saturated rings. The van der Waals surface area contributed by atoms with Gasteiger partial charge < -0.3 is 14.8 Å². The van der Waals surface area contributed by atoms with Crippen molar-refractivity contribution < 1.29 is 23.6 Å². The van der Waals surface area contributed by atoms with Crippen LogP contribution in [-0.4, -0.2) is 24.6 Å². The van der Waals surface area contributed by atoms with Crippen molar-refractivity contribution in [1.82, 2.24) is 0 Å². The number of carbonyl (C=O) groups is 1. The number of carbonyl (C=O) groups excluding carboxylic acids is 1. The molecule has 0 radical (unpaired) electrons. The van der Waals surface area contributed by atoms with Gasteiger partial charge in [0.2, 0.25) is 6.54 Å². The minimum atomic E-state index is -0.515. The number of benzene rings is 2. The highest BCUT2D eigenvalue weighted by Gasteiger charge is 2.34. The third-order valence-electron chi connectivity index (χ3n) is 5.03. The van der Waals surface area contributed by atoms with E-state index in [1.807, 2.05) is 24.3 Å². The summed E-state index contributed by atoms with van der Waals surface area (Å²) < 4.78 is 24.9. The average Bonchev–Trinajstić information content (AvgIpc) is 3.14. The maximum Gasteiger partial charge on any atom is 0.309 e. The van der Waals surface area contributed by atoms with Crippen LogP contribution in [0.4, 0.5) is 10.1 Å². The Morgan fingerprint density at radius 3 is 2.59 bits per heavy atom. The molecule has 1 unspecified atom stereocenters. The molecule has 8 heteroatoms. The van der Waals surface area contributed by atoms with Crippen LogP contribution in [0.2, 0.25) is 0 Å². The van der Waals surface area contributed by atoms with Gasteiger partial charge in [-0.25, -0.2) is 4.39 Å². The van der Waals surface area contributed by atoms with Crippen LogP contribution in [0, 0.1) is 21.8 Å². The van der Waals surface area contributed by atoms with Gasteiger partial charge in [-0.15, -0.1) is 0 Å². The number of fused-ring (bicyclic) bond motifs is 1. The Labute approximate surface area is 168 Å². The van der Waals surface area contributed by atoms with E-state index in [4.69, 9.17) is 9.47 Å². The van der Waals surface area contributed by atoms with Crippen LogP contribution in [-0.2, 0) is 35.5 Å². The van der Waals surface area contributed by atoms with E-state index in [1.54, 1.807) is 14.0 Å². The zero-order valence-corrected chi connectivity index (χ0v) is 16.4. The second-order valence-electron chi connectivity index (χ2n) is 6.90. The molecule has 1 atom stereocenters.